The van der Waals surface area contributed by atoms with Gasteiger partial charge in [-0.25, -0.2) is 0 Å². The Kier molecular flexibility index (Phi) is 7.67. The molecule has 2 aromatic heterocycles. The third kappa shape index (κ3) is 4.88. The van der Waals surface area contributed by atoms with Gasteiger partial charge in [-0.1, -0.05) is 18.9 Å². The van der Waals surface area contributed by atoms with Crippen LogP contribution in [0.5, 0.6) is 5.75 Å². The lowest BCUT2D eigenvalue weighted by Crippen LogP contribution is -2.30. The first kappa shape index (κ1) is 26.2. The summed E-state index contributed by atoms with van der Waals surface area (Å²) in [5, 5.41) is 7.06. The van der Waals surface area contributed by atoms with Gasteiger partial charge in [-0.3, -0.25) is 9.78 Å². The van der Waals surface area contributed by atoms with Crippen LogP contribution in [0.15, 0.2) is 48.7 Å². The number of nitrogens with one attached hydrogen (secondary N) is 2. The van der Waals surface area contributed by atoms with E-state index in [2.05, 4.69) is 40.0 Å². The van der Waals surface area contributed by atoms with Gasteiger partial charge in [-0.2, -0.15) is 0 Å². The minimum atomic E-state index is -0.256. The topological polar surface area (TPSA) is 80.7 Å². The highest BCUT2D eigenvalue weighted by atomic mass is 32.1. The third-order valence-electron chi connectivity index (χ3n) is 7.64. The van der Waals surface area contributed by atoms with Gasteiger partial charge in [0.1, 0.15) is 12.4 Å². The molecule has 2 unspecified atom stereocenters. The highest BCUT2D eigenvalue weighted by Gasteiger charge is 2.42. The van der Waals surface area contributed by atoms with E-state index >= 15 is 0 Å². The monoisotopic (exact) mass is 533 g/mol. The Morgan fingerprint density at radius 2 is 1.95 bits per heavy atom. The van der Waals surface area contributed by atoms with Crippen molar-refractivity contribution >= 4 is 34.6 Å². The van der Waals surface area contributed by atoms with Crippen molar-refractivity contribution in [2.75, 3.05) is 31.0 Å². The third-order valence-corrected chi connectivity index (χ3v) is 7.96. The molecule has 0 bridgehead atoms. The van der Waals surface area contributed by atoms with Crippen LogP contribution in [0.3, 0.4) is 0 Å². The van der Waals surface area contributed by atoms with Crippen molar-refractivity contribution in [3.63, 3.8) is 0 Å². The quantitative estimate of drug-likeness (QED) is 0.376. The van der Waals surface area contributed by atoms with Crippen molar-refractivity contribution in [1.29, 1.82) is 0 Å². The summed E-state index contributed by atoms with van der Waals surface area (Å²) in [5.74, 6) is 0.307. The predicted molar refractivity (Wildman–Crippen MR) is 153 cm³/mol. The van der Waals surface area contributed by atoms with E-state index in [0.717, 1.165) is 11.4 Å². The Hall–Kier alpha value is -3.43. The van der Waals surface area contributed by atoms with Crippen molar-refractivity contribution in [2.24, 2.45) is 0 Å². The van der Waals surface area contributed by atoms with E-state index in [1.807, 2.05) is 42.6 Å². The maximum atomic E-state index is 12.4. The smallest absolute Gasteiger partial charge is 0.250 e. The first-order valence-electron chi connectivity index (χ1n) is 13.1. The van der Waals surface area contributed by atoms with E-state index in [4.69, 9.17) is 26.7 Å². The van der Waals surface area contributed by atoms with E-state index in [1.165, 1.54) is 49.7 Å². The minimum absolute atomic E-state index is 0.0470. The molecule has 1 amide bonds. The van der Waals surface area contributed by atoms with Gasteiger partial charge in [-0.05, 0) is 80.9 Å². The Balaban J connectivity index is 1.61. The van der Waals surface area contributed by atoms with Crippen molar-refractivity contribution < 1.29 is 14.3 Å². The molecule has 2 atom stereocenters. The number of anilines is 2. The van der Waals surface area contributed by atoms with Gasteiger partial charge < -0.3 is 29.6 Å². The van der Waals surface area contributed by atoms with Crippen molar-refractivity contribution in [3.8, 4) is 5.75 Å². The van der Waals surface area contributed by atoms with E-state index in [9.17, 15) is 4.79 Å². The molecule has 3 heterocycles. The molecule has 5 rings (SSSR count). The molecule has 2 fully saturated rings. The first-order valence-corrected chi connectivity index (χ1v) is 13.5. The second-order valence-corrected chi connectivity index (χ2v) is 10.4. The number of rotatable bonds is 8. The van der Waals surface area contributed by atoms with Crippen LogP contribution in [0.25, 0.3) is 0 Å². The zero-order valence-electron chi connectivity index (χ0n) is 22.4. The lowest BCUT2D eigenvalue weighted by molar-refractivity contribution is -0.119. The number of amides is 1. The van der Waals surface area contributed by atoms with E-state index in [0.29, 0.717) is 22.6 Å². The summed E-state index contributed by atoms with van der Waals surface area (Å²) in [5.41, 5.74) is 6.09. The number of nitrogens with zero attached hydrogens (tertiary/aromatic N) is 3. The van der Waals surface area contributed by atoms with Gasteiger partial charge >= 0.3 is 0 Å². The normalized spacial score (nSPS) is 19.6. The second-order valence-electron chi connectivity index (χ2n) is 10.00. The summed E-state index contributed by atoms with van der Waals surface area (Å²) >= 11 is 5.94. The second kappa shape index (κ2) is 11.1. The minimum Gasteiger partial charge on any atom is -0.495 e. The summed E-state index contributed by atoms with van der Waals surface area (Å²) in [7, 11) is 3.08. The number of hydrogen-bond acceptors (Lipinski definition) is 5. The summed E-state index contributed by atoms with van der Waals surface area (Å²) < 4.78 is 13.0. The van der Waals surface area contributed by atoms with Crippen LogP contribution < -0.4 is 20.3 Å². The van der Waals surface area contributed by atoms with Gasteiger partial charge in [0.25, 0.3) is 0 Å². The molecule has 8 nitrogen and oxygen atoms in total. The molecule has 3 aromatic rings. The van der Waals surface area contributed by atoms with E-state index < -0.39 is 0 Å². The molecule has 1 aliphatic heterocycles. The number of hydrogen-bond donors (Lipinski definition) is 2. The fraction of sp³-hybridized carbons (Fsp3) is 0.414. The van der Waals surface area contributed by atoms with E-state index in [1.54, 1.807) is 7.11 Å². The molecule has 38 heavy (non-hydrogen) atoms. The summed E-state index contributed by atoms with van der Waals surface area (Å²) in [6.07, 6.45) is 6.80. The average Bonchev–Trinajstić information content (AvgIpc) is 3.62. The number of pyridine rings is 1. The van der Waals surface area contributed by atoms with Crippen LogP contribution in [0.2, 0.25) is 0 Å². The Bertz CT molecular complexity index is 1320. The van der Waals surface area contributed by atoms with Crippen molar-refractivity contribution in [1.82, 2.24) is 14.9 Å². The van der Waals surface area contributed by atoms with Crippen LogP contribution in [-0.4, -0.2) is 41.4 Å². The number of methoxy groups -OCH3 is 2. The molecule has 0 radical (unpaired) electrons. The molecular weight excluding hydrogens is 498 g/mol. The summed E-state index contributed by atoms with van der Waals surface area (Å²) in [4.78, 5) is 19.2. The van der Waals surface area contributed by atoms with Crippen LogP contribution >= 0.6 is 12.2 Å². The Morgan fingerprint density at radius 1 is 1.16 bits per heavy atom. The highest BCUT2D eigenvalue weighted by molar-refractivity contribution is 7.80. The fourth-order valence-electron chi connectivity index (χ4n) is 6.04. The number of aryl methyl sites for hydroxylation is 1. The maximum Gasteiger partial charge on any atom is 0.250 e. The maximum absolute atomic E-state index is 12.4. The fourth-order valence-corrected chi connectivity index (χ4v) is 6.38. The molecule has 1 saturated carbocycles. The Labute approximate surface area is 229 Å². The molecule has 2 aliphatic rings. The Morgan fingerprint density at radius 3 is 2.63 bits per heavy atom. The van der Waals surface area contributed by atoms with Crippen molar-refractivity contribution in [2.45, 2.75) is 57.7 Å². The first-order chi connectivity index (χ1) is 18.4. The summed E-state index contributed by atoms with van der Waals surface area (Å²) in [6, 6.07) is 14.3. The number of thiocarbonyl (C=S) groups is 1. The molecule has 1 aliphatic carbocycles. The zero-order chi connectivity index (χ0) is 26.8. The van der Waals surface area contributed by atoms with E-state index in [-0.39, 0.29) is 24.6 Å². The number of benzene rings is 1. The average molecular weight is 534 g/mol. The SMILES string of the molecule is COCC(=O)Nc1cc(N2C(=S)NC(c3ccccn3)C2c2cc(C)n(C3CCCC3)c2C)ccc1OC. The van der Waals surface area contributed by atoms with Crippen LogP contribution in [0.4, 0.5) is 11.4 Å². The predicted octanol–water partition coefficient (Wildman–Crippen LogP) is 5.39. The number of carbonyl (C=O) groups excluding carboxylic acids is 1. The molecule has 1 aromatic carbocycles. The molecule has 1 saturated heterocycles. The highest BCUT2D eigenvalue weighted by Crippen LogP contribution is 2.46. The van der Waals surface area contributed by atoms with Crippen LogP contribution in [0.1, 0.15) is 66.5 Å². The lowest BCUT2D eigenvalue weighted by Gasteiger charge is -2.29. The van der Waals surface area contributed by atoms with Gasteiger partial charge in [0, 0.05) is 36.4 Å². The molecular formula is C29H35N5O3S. The van der Waals surface area contributed by atoms with Crippen LogP contribution in [-0.2, 0) is 9.53 Å². The van der Waals surface area contributed by atoms with Gasteiger partial charge in [0.05, 0.1) is 30.6 Å². The number of carbonyl (C=O) groups is 1. The molecule has 2 N–H and O–H groups in total. The van der Waals surface area contributed by atoms with Gasteiger partial charge in [0.15, 0.2) is 5.11 Å². The largest absolute Gasteiger partial charge is 0.495 e. The zero-order valence-corrected chi connectivity index (χ0v) is 23.2. The standard InChI is InChI=1S/C29H35N5O3S/c1-18-15-22(19(2)33(18)20-9-5-6-10-20)28-27(23-11-7-8-14-30-23)32-29(38)34(28)21-12-13-25(37-4)24(16-21)31-26(35)17-36-3/h7-8,11-16,20,27-28H,5-6,9-10,17H2,1-4H3,(H,31,35)(H,32,38). The summed E-state index contributed by atoms with van der Waals surface area (Å²) in [6.45, 7) is 4.38. The lowest BCUT2D eigenvalue weighted by atomic mass is 9.96. The molecule has 9 heteroatoms. The van der Waals surface area contributed by atoms with Gasteiger partial charge in [-0.15, -0.1) is 0 Å². The van der Waals surface area contributed by atoms with Gasteiger partial charge in [0.2, 0.25) is 5.91 Å². The molecule has 200 valence electrons. The van der Waals surface area contributed by atoms with Crippen molar-refractivity contribution in [3.05, 3.63) is 71.3 Å². The number of aromatic nitrogens is 2. The number of ether oxygens (including phenoxy) is 2. The molecule has 0 spiro atoms. The van der Waals surface area contributed by atoms with Crippen LogP contribution in [0, 0.1) is 13.8 Å².